The minimum absolute atomic E-state index is 0.113. The fourth-order valence-electron chi connectivity index (χ4n) is 9.95. The fourth-order valence-corrected chi connectivity index (χ4v) is 10.5. The molecule has 5 rings (SSSR count). The molecule has 262 valence electrons. The first-order valence-electron chi connectivity index (χ1n) is 17.6. The maximum Gasteiger partial charge on any atom is 0.453 e. The number of benzene rings is 1. The molecule has 3 fully saturated rings. The van der Waals surface area contributed by atoms with Gasteiger partial charge in [0.1, 0.15) is 11.9 Å². The van der Waals surface area contributed by atoms with Gasteiger partial charge in [0.05, 0.1) is 10.1 Å². The van der Waals surface area contributed by atoms with Crippen molar-refractivity contribution < 1.29 is 36.6 Å². The number of phenols is 1. The molecule has 0 amide bonds. The molecule has 0 spiro atoms. The maximum atomic E-state index is 16.3. The lowest BCUT2D eigenvalue weighted by atomic mass is 9.50. The van der Waals surface area contributed by atoms with Crippen LogP contribution in [0.5, 0.6) is 5.75 Å². The van der Waals surface area contributed by atoms with E-state index < -0.39 is 35.7 Å². The van der Waals surface area contributed by atoms with Gasteiger partial charge >= 0.3 is 12.1 Å². The van der Waals surface area contributed by atoms with Crippen molar-refractivity contribution in [2.75, 3.05) is 13.1 Å². The first-order valence-corrected chi connectivity index (χ1v) is 18.4. The van der Waals surface area contributed by atoms with E-state index in [-0.39, 0.29) is 35.8 Å². The van der Waals surface area contributed by atoms with Crippen LogP contribution in [-0.4, -0.2) is 58.1 Å². The molecule has 3 nitrogen and oxygen atoms in total. The zero-order valence-electron chi connectivity index (χ0n) is 27.3. The molecule has 0 bridgehead atoms. The number of likely N-dealkylation sites (tertiary alicyclic amines) is 1. The second-order valence-corrected chi connectivity index (χ2v) is 16.2. The normalized spacial score (nSPS) is 34.8. The molecule has 4 unspecified atom stereocenters. The minimum Gasteiger partial charge on any atom is -0.507 e. The van der Waals surface area contributed by atoms with E-state index in [0.717, 1.165) is 88.4 Å². The van der Waals surface area contributed by atoms with Crippen molar-refractivity contribution in [1.82, 2.24) is 4.90 Å². The number of phenolic OH excluding ortho intramolecular Hbond substituents is 1. The van der Waals surface area contributed by atoms with Gasteiger partial charge in [0.2, 0.25) is 0 Å². The summed E-state index contributed by atoms with van der Waals surface area (Å²) in [6.45, 7) is 6.04. The van der Waals surface area contributed by atoms with Gasteiger partial charge in [-0.2, -0.15) is 22.0 Å². The van der Waals surface area contributed by atoms with Crippen LogP contribution in [0.15, 0.2) is 16.6 Å². The predicted octanol–water partition coefficient (Wildman–Crippen LogP) is 10.5. The molecule has 0 aromatic heterocycles. The SMILES string of the molecule is CC12C[C@H](F)[C@@H]3c4ccc(O)c(Br)c4CC(CCCCCN4CCCC4CCCCCCC(F)(F)C(F)(F)F)C3[C@@H]1CC[C@@]2(C)O. The van der Waals surface area contributed by atoms with Crippen molar-refractivity contribution >= 4 is 15.9 Å². The summed E-state index contributed by atoms with van der Waals surface area (Å²) in [6, 6.07) is 4.05. The molecule has 2 N–H and O–H groups in total. The molecule has 8 atom stereocenters. The van der Waals surface area contributed by atoms with Gasteiger partial charge < -0.3 is 15.1 Å². The Hall–Kier alpha value is -1.00. The molecule has 1 aliphatic heterocycles. The van der Waals surface area contributed by atoms with Crippen molar-refractivity contribution in [3.05, 3.63) is 27.7 Å². The third kappa shape index (κ3) is 7.15. The molecule has 1 saturated heterocycles. The highest BCUT2D eigenvalue weighted by Crippen LogP contribution is 2.66. The van der Waals surface area contributed by atoms with E-state index >= 15 is 4.39 Å². The van der Waals surface area contributed by atoms with Gasteiger partial charge in [-0.1, -0.05) is 45.1 Å². The van der Waals surface area contributed by atoms with Gasteiger partial charge in [0, 0.05) is 23.8 Å². The highest BCUT2D eigenvalue weighted by molar-refractivity contribution is 9.10. The van der Waals surface area contributed by atoms with Crippen molar-refractivity contribution in [3.8, 4) is 5.75 Å². The number of aliphatic hydroxyl groups is 1. The number of alkyl halides is 6. The van der Waals surface area contributed by atoms with Crippen molar-refractivity contribution in [2.45, 2.75) is 152 Å². The predicted molar refractivity (Wildman–Crippen MR) is 172 cm³/mol. The van der Waals surface area contributed by atoms with Crippen LogP contribution in [-0.2, 0) is 6.42 Å². The summed E-state index contributed by atoms with van der Waals surface area (Å²) >= 11 is 3.61. The number of hydrogen-bond acceptors (Lipinski definition) is 3. The minimum atomic E-state index is -5.46. The Kier molecular flexibility index (Phi) is 11.1. The molecule has 46 heavy (non-hydrogen) atoms. The number of unbranched alkanes of at least 4 members (excludes halogenated alkanes) is 5. The van der Waals surface area contributed by atoms with Gasteiger partial charge in [0.15, 0.2) is 0 Å². The molecule has 1 aromatic carbocycles. The van der Waals surface area contributed by atoms with Crippen LogP contribution in [0.25, 0.3) is 0 Å². The van der Waals surface area contributed by atoms with E-state index in [0.29, 0.717) is 36.2 Å². The molecular weight excluding hydrogens is 672 g/mol. The highest BCUT2D eigenvalue weighted by atomic mass is 79.9. The lowest BCUT2D eigenvalue weighted by molar-refractivity contribution is -0.284. The average Bonchev–Trinajstić information content (AvgIpc) is 3.51. The van der Waals surface area contributed by atoms with E-state index in [1.165, 1.54) is 0 Å². The molecule has 0 radical (unpaired) electrons. The Labute approximate surface area is 279 Å². The number of rotatable bonds is 13. The molecule has 4 aliphatic rings. The van der Waals surface area contributed by atoms with Crippen LogP contribution in [0, 0.1) is 23.2 Å². The average molecular weight is 725 g/mol. The molecule has 1 heterocycles. The van der Waals surface area contributed by atoms with Gasteiger partial charge in [0.25, 0.3) is 0 Å². The van der Waals surface area contributed by atoms with Gasteiger partial charge in [-0.05, 0) is 135 Å². The van der Waals surface area contributed by atoms with E-state index in [9.17, 15) is 32.2 Å². The first kappa shape index (κ1) is 36.3. The zero-order chi connectivity index (χ0) is 33.5. The summed E-state index contributed by atoms with van der Waals surface area (Å²) in [4.78, 5) is 2.52. The monoisotopic (exact) mass is 723 g/mol. The van der Waals surface area contributed by atoms with Crippen molar-refractivity contribution in [2.24, 2.45) is 23.2 Å². The standard InChI is InChI=1S/C36H52BrF6NO2/c1-33-22-28(38)31-25-14-15-29(45)32(37)26(25)21-23(30(31)27(33)16-18-34(33,2)46)11-6-5-9-19-44-20-10-13-24(44)12-7-3-4-8-17-35(39,40)36(41,42)43/h14-15,23-24,27-28,30-31,45-46H,3-13,16-22H2,1-2H3/t23?,24?,27-,28-,30?,31-,33?,34+/m0/s1. The van der Waals surface area contributed by atoms with Crippen LogP contribution in [0.1, 0.15) is 127 Å². The summed E-state index contributed by atoms with van der Waals surface area (Å²) in [5.41, 5.74) is 0.736. The van der Waals surface area contributed by atoms with Gasteiger partial charge in [-0.15, -0.1) is 0 Å². The molecular formula is C36H52BrF6NO2. The lowest BCUT2D eigenvalue weighted by Gasteiger charge is -2.56. The number of aromatic hydroxyl groups is 1. The Morgan fingerprint density at radius 2 is 1.65 bits per heavy atom. The zero-order valence-corrected chi connectivity index (χ0v) is 28.9. The smallest absolute Gasteiger partial charge is 0.453 e. The van der Waals surface area contributed by atoms with Crippen LogP contribution < -0.4 is 0 Å². The summed E-state index contributed by atoms with van der Waals surface area (Å²) in [5.74, 6) is -3.92. The number of hydrogen-bond donors (Lipinski definition) is 2. The quantitative estimate of drug-likeness (QED) is 0.157. The van der Waals surface area contributed by atoms with Crippen LogP contribution in [0.3, 0.4) is 0 Å². The van der Waals surface area contributed by atoms with E-state index in [1.807, 2.05) is 13.0 Å². The van der Waals surface area contributed by atoms with E-state index in [1.54, 1.807) is 6.07 Å². The van der Waals surface area contributed by atoms with Gasteiger partial charge in [-0.25, -0.2) is 4.39 Å². The van der Waals surface area contributed by atoms with E-state index in [2.05, 4.69) is 27.8 Å². The number of fused-ring (bicyclic) bond motifs is 5. The third-order valence-corrected chi connectivity index (χ3v) is 13.6. The summed E-state index contributed by atoms with van der Waals surface area (Å²) in [6.07, 6.45) is 4.29. The van der Waals surface area contributed by atoms with Crippen LogP contribution in [0.4, 0.5) is 26.3 Å². The molecule has 3 aliphatic carbocycles. The van der Waals surface area contributed by atoms with Crippen molar-refractivity contribution in [1.29, 1.82) is 0 Å². The Bertz CT molecular complexity index is 1190. The second-order valence-electron chi connectivity index (χ2n) is 15.4. The Morgan fingerprint density at radius 3 is 2.39 bits per heavy atom. The van der Waals surface area contributed by atoms with Gasteiger partial charge in [-0.3, -0.25) is 0 Å². The fraction of sp³-hybridized carbons (Fsp3) is 0.833. The van der Waals surface area contributed by atoms with Crippen molar-refractivity contribution in [3.63, 3.8) is 0 Å². The Morgan fingerprint density at radius 1 is 0.957 bits per heavy atom. The van der Waals surface area contributed by atoms with Crippen LogP contribution >= 0.6 is 15.9 Å². The maximum absolute atomic E-state index is 16.3. The third-order valence-electron chi connectivity index (χ3n) is 12.7. The lowest BCUT2D eigenvalue weighted by Crippen LogP contribution is -2.55. The first-order chi connectivity index (χ1) is 21.6. The highest BCUT2D eigenvalue weighted by Gasteiger charge is 2.64. The number of halogens is 7. The second kappa shape index (κ2) is 14.1. The molecule has 2 saturated carbocycles. The molecule has 10 heteroatoms. The summed E-state index contributed by atoms with van der Waals surface area (Å²) in [5, 5.41) is 21.8. The molecule has 1 aromatic rings. The Balaban J connectivity index is 1.11. The largest absolute Gasteiger partial charge is 0.507 e. The summed E-state index contributed by atoms with van der Waals surface area (Å²) < 4.78 is 80.3. The van der Waals surface area contributed by atoms with E-state index in [4.69, 9.17) is 0 Å². The summed E-state index contributed by atoms with van der Waals surface area (Å²) in [7, 11) is 0. The topological polar surface area (TPSA) is 43.7 Å². The number of nitrogens with zero attached hydrogens (tertiary/aromatic N) is 1. The van der Waals surface area contributed by atoms with Crippen LogP contribution in [0.2, 0.25) is 0 Å².